The number of rotatable bonds is 1. The van der Waals surface area contributed by atoms with Gasteiger partial charge in [0.2, 0.25) is 5.70 Å². The molecular formula is C14H10N4O3. The molecule has 0 unspecified atom stereocenters. The van der Waals surface area contributed by atoms with Gasteiger partial charge in [-0.25, -0.2) is 9.50 Å². The summed E-state index contributed by atoms with van der Waals surface area (Å²) in [4.78, 5) is 14.3. The third-order valence-electron chi connectivity index (χ3n) is 3.09. The van der Waals surface area contributed by atoms with Crippen molar-refractivity contribution >= 4 is 5.65 Å². The monoisotopic (exact) mass is 282 g/mol. The van der Waals surface area contributed by atoms with Gasteiger partial charge in [-0.3, -0.25) is 10.1 Å². The van der Waals surface area contributed by atoms with Gasteiger partial charge in [-0.05, 0) is 18.4 Å². The van der Waals surface area contributed by atoms with Gasteiger partial charge in [0.25, 0.3) is 0 Å². The van der Waals surface area contributed by atoms with Crippen LogP contribution in [0.15, 0.2) is 41.9 Å². The molecule has 0 saturated heterocycles. The third-order valence-corrected chi connectivity index (χ3v) is 3.09. The Hall–Kier alpha value is -3.14. The lowest BCUT2D eigenvalue weighted by Gasteiger charge is -2.03. The van der Waals surface area contributed by atoms with Crippen LogP contribution in [0.4, 0.5) is 0 Å². The highest BCUT2D eigenvalue weighted by molar-refractivity contribution is 5.54. The number of hydrogen-bond acceptors (Lipinski definition) is 5. The molecular weight excluding hydrogens is 272 g/mol. The average molecular weight is 282 g/mol. The van der Waals surface area contributed by atoms with Crippen molar-refractivity contribution in [3.8, 4) is 17.6 Å². The van der Waals surface area contributed by atoms with Gasteiger partial charge >= 0.3 is 0 Å². The Morgan fingerprint density at radius 1 is 1.33 bits per heavy atom. The molecule has 0 atom stereocenters. The SMILES string of the molecule is O=[N+]([O-])C1=CC=C(C#Cc2cnc3c(O)ccnn23)CC1. The Kier molecular flexibility index (Phi) is 3.12. The van der Waals surface area contributed by atoms with Crippen LogP contribution in [0.25, 0.3) is 5.65 Å². The number of aromatic hydroxyl groups is 1. The fourth-order valence-corrected chi connectivity index (χ4v) is 1.99. The fourth-order valence-electron chi connectivity index (χ4n) is 1.99. The molecule has 0 bridgehead atoms. The molecule has 0 aromatic carbocycles. The maximum Gasteiger partial charge on any atom is 0.246 e. The summed E-state index contributed by atoms with van der Waals surface area (Å²) in [6.45, 7) is 0. The van der Waals surface area contributed by atoms with Crippen molar-refractivity contribution in [2.75, 3.05) is 0 Å². The fraction of sp³-hybridized carbons (Fsp3) is 0.143. The van der Waals surface area contributed by atoms with Gasteiger partial charge in [0.15, 0.2) is 11.4 Å². The number of nitro groups is 1. The van der Waals surface area contributed by atoms with Crippen molar-refractivity contribution in [3.05, 3.63) is 57.7 Å². The highest BCUT2D eigenvalue weighted by Gasteiger charge is 2.14. The number of hydrogen-bond donors (Lipinski definition) is 1. The van der Waals surface area contributed by atoms with Crippen molar-refractivity contribution in [3.63, 3.8) is 0 Å². The Labute approximate surface area is 119 Å². The Morgan fingerprint density at radius 2 is 2.19 bits per heavy atom. The summed E-state index contributed by atoms with van der Waals surface area (Å²) in [5.41, 5.74) is 1.90. The summed E-state index contributed by atoms with van der Waals surface area (Å²) in [5, 5.41) is 24.3. The van der Waals surface area contributed by atoms with Crippen molar-refractivity contribution in [1.82, 2.24) is 14.6 Å². The quantitative estimate of drug-likeness (QED) is 0.488. The van der Waals surface area contributed by atoms with E-state index < -0.39 is 0 Å². The van der Waals surface area contributed by atoms with Crippen molar-refractivity contribution < 1.29 is 10.0 Å². The van der Waals surface area contributed by atoms with E-state index in [1.165, 1.54) is 29.1 Å². The van der Waals surface area contributed by atoms with E-state index in [0.29, 0.717) is 24.2 Å². The zero-order chi connectivity index (χ0) is 14.8. The minimum absolute atomic E-state index is 0.0356. The van der Waals surface area contributed by atoms with Gasteiger partial charge in [-0.15, -0.1) is 0 Å². The Bertz CT molecular complexity index is 852. The number of nitrogens with zero attached hydrogens (tertiary/aromatic N) is 4. The van der Waals surface area contributed by atoms with Crippen LogP contribution >= 0.6 is 0 Å². The van der Waals surface area contributed by atoms with Crippen LogP contribution in [-0.4, -0.2) is 24.6 Å². The lowest BCUT2D eigenvalue weighted by Crippen LogP contribution is -2.02. The first-order chi connectivity index (χ1) is 10.1. The maximum absolute atomic E-state index is 10.6. The highest BCUT2D eigenvalue weighted by Crippen LogP contribution is 2.18. The van der Waals surface area contributed by atoms with Crippen molar-refractivity contribution in [1.29, 1.82) is 0 Å². The second-order valence-corrected chi connectivity index (χ2v) is 4.45. The molecule has 2 aromatic rings. The second kappa shape index (κ2) is 5.09. The molecule has 7 nitrogen and oxygen atoms in total. The third kappa shape index (κ3) is 2.47. The van der Waals surface area contributed by atoms with E-state index in [-0.39, 0.29) is 16.4 Å². The minimum atomic E-state index is -0.377. The van der Waals surface area contributed by atoms with Crippen LogP contribution in [-0.2, 0) is 0 Å². The van der Waals surface area contributed by atoms with Gasteiger partial charge in [-0.1, -0.05) is 5.92 Å². The van der Waals surface area contributed by atoms with E-state index >= 15 is 0 Å². The molecule has 0 aliphatic heterocycles. The van der Waals surface area contributed by atoms with E-state index in [4.69, 9.17) is 0 Å². The standard InChI is InChI=1S/C14H10N4O3/c19-13-7-8-16-17-12(9-15-14(13)17)6-3-10-1-4-11(5-2-10)18(20)21/h1,4,7-9,19H,2,5H2. The van der Waals surface area contributed by atoms with Crippen LogP contribution in [0.5, 0.6) is 5.75 Å². The molecule has 21 heavy (non-hydrogen) atoms. The molecule has 0 radical (unpaired) electrons. The van der Waals surface area contributed by atoms with Gasteiger partial charge in [0.05, 0.1) is 17.3 Å². The van der Waals surface area contributed by atoms with E-state index in [1.807, 2.05) is 0 Å². The van der Waals surface area contributed by atoms with E-state index in [2.05, 4.69) is 21.9 Å². The number of imidazole rings is 1. The maximum atomic E-state index is 10.6. The summed E-state index contributed by atoms with van der Waals surface area (Å²) in [7, 11) is 0. The van der Waals surface area contributed by atoms with Crippen molar-refractivity contribution in [2.24, 2.45) is 0 Å². The summed E-state index contributed by atoms with van der Waals surface area (Å²) < 4.78 is 1.45. The van der Waals surface area contributed by atoms with Crippen LogP contribution in [0.2, 0.25) is 0 Å². The van der Waals surface area contributed by atoms with Crippen LogP contribution < -0.4 is 0 Å². The van der Waals surface area contributed by atoms with Gasteiger partial charge < -0.3 is 5.11 Å². The smallest absolute Gasteiger partial charge is 0.246 e. The summed E-state index contributed by atoms with van der Waals surface area (Å²) >= 11 is 0. The topological polar surface area (TPSA) is 93.6 Å². The zero-order valence-electron chi connectivity index (χ0n) is 10.9. The largest absolute Gasteiger partial charge is 0.504 e. The van der Waals surface area contributed by atoms with E-state index in [1.54, 1.807) is 6.08 Å². The first-order valence-electron chi connectivity index (χ1n) is 6.23. The number of aromatic nitrogens is 3. The normalized spacial score (nSPS) is 14.1. The molecule has 0 saturated carbocycles. The molecule has 104 valence electrons. The number of fused-ring (bicyclic) bond motifs is 1. The average Bonchev–Trinajstić information content (AvgIpc) is 2.90. The van der Waals surface area contributed by atoms with E-state index in [0.717, 1.165) is 5.57 Å². The van der Waals surface area contributed by atoms with E-state index in [9.17, 15) is 15.2 Å². The van der Waals surface area contributed by atoms with Gasteiger partial charge in [0, 0.05) is 24.1 Å². The molecule has 1 aliphatic rings. The molecule has 0 fully saturated rings. The lowest BCUT2D eigenvalue weighted by atomic mass is 10.0. The summed E-state index contributed by atoms with van der Waals surface area (Å²) in [5.74, 6) is 5.91. The Balaban J connectivity index is 1.91. The lowest BCUT2D eigenvalue weighted by molar-refractivity contribution is -0.428. The van der Waals surface area contributed by atoms with Gasteiger partial charge in [-0.2, -0.15) is 5.10 Å². The molecule has 7 heteroatoms. The van der Waals surface area contributed by atoms with Crippen LogP contribution in [0.3, 0.4) is 0 Å². The molecule has 1 aliphatic carbocycles. The highest BCUT2D eigenvalue weighted by atomic mass is 16.6. The first-order valence-corrected chi connectivity index (χ1v) is 6.23. The molecule has 2 aromatic heterocycles. The molecule has 1 N–H and O–H groups in total. The summed E-state index contributed by atoms with van der Waals surface area (Å²) in [6.07, 6.45) is 7.03. The minimum Gasteiger partial charge on any atom is -0.504 e. The molecule has 0 spiro atoms. The van der Waals surface area contributed by atoms with Crippen LogP contribution in [0, 0.1) is 22.0 Å². The summed E-state index contributed by atoms with van der Waals surface area (Å²) in [6, 6.07) is 1.45. The zero-order valence-corrected chi connectivity index (χ0v) is 10.9. The second-order valence-electron chi connectivity index (χ2n) is 4.45. The molecule has 3 rings (SSSR count). The van der Waals surface area contributed by atoms with Crippen molar-refractivity contribution in [2.45, 2.75) is 12.8 Å². The molecule has 0 amide bonds. The Morgan fingerprint density at radius 3 is 2.90 bits per heavy atom. The predicted octanol–water partition coefficient (Wildman–Crippen LogP) is 1.67. The molecule has 2 heterocycles. The number of allylic oxidation sites excluding steroid dienone is 4. The predicted molar refractivity (Wildman–Crippen MR) is 73.9 cm³/mol. The van der Waals surface area contributed by atoms with Gasteiger partial charge in [0.1, 0.15) is 5.69 Å². The van der Waals surface area contributed by atoms with Crippen LogP contribution in [0.1, 0.15) is 18.5 Å². The first kappa shape index (κ1) is 12.9.